The van der Waals surface area contributed by atoms with E-state index in [9.17, 15) is 4.79 Å². The zero-order valence-corrected chi connectivity index (χ0v) is 12.3. The lowest BCUT2D eigenvalue weighted by atomic mass is 9.93. The summed E-state index contributed by atoms with van der Waals surface area (Å²) in [4.78, 5) is 12.3. The van der Waals surface area contributed by atoms with Crippen molar-refractivity contribution in [1.82, 2.24) is 5.32 Å². The molecule has 0 aliphatic carbocycles. The summed E-state index contributed by atoms with van der Waals surface area (Å²) in [5.41, 5.74) is 8.06. The Morgan fingerprint density at radius 2 is 2.10 bits per heavy atom. The van der Waals surface area contributed by atoms with Gasteiger partial charge in [-0.15, -0.1) is 0 Å². The van der Waals surface area contributed by atoms with Gasteiger partial charge in [0, 0.05) is 12.1 Å². The first-order valence-corrected chi connectivity index (χ1v) is 7.35. The Balaban J connectivity index is 2.04. The molecule has 0 bridgehead atoms. The van der Waals surface area contributed by atoms with Crippen LogP contribution in [0, 0.1) is 0 Å². The van der Waals surface area contributed by atoms with E-state index in [4.69, 9.17) is 10.5 Å². The minimum Gasteiger partial charge on any atom is -0.363 e. The molecule has 20 heavy (non-hydrogen) atoms. The van der Waals surface area contributed by atoms with Crippen molar-refractivity contribution in [3.05, 3.63) is 35.4 Å². The van der Waals surface area contributed by atoms with Crippen molar-refractivity contribution in [2.45, 2.75) is 44.8 Å². The van der Waals surface area contributed by atoms with E-state index in [1.165, 1.54) is 5.56 Å². The van der Waals surface area contributed by atoms with Gasteiger partial charge >= 0.3 is 0 Å². The minimum absolute atomic E-state index is 0.0890. The summed E-state index contributed by atoms with van der Waals surface area (Å²) < 4.78 is 5.65. The Morgan fingerprint density at radius 3 is 2.80 bits per heavy atom. The van der Waals surface area contributed by atoms with Crippen LogP contribution in [-0.4, -0.2) is 24.6 Å². The summed E-state index contributed by atoms with van der Waals surface area (Å²) in [6.07, 6.45) is 2.04. The molecule has 1 aliphatic rings. The maximum atomic E-state index is 12.3. The highest BCUT2D eigenvalue weighted by Gasteiger charge is 2.29. The van der Waals surface area contributed by atoms with Crippen LogP contribution in [0.5, 0.6) is 0 Å². The lowest BCUT2D eigenvalue weighted by Gasteiger charge is -2.29. The monoisotopic (exact) mass is 276 g/mol. The van der Waals surface area contributed by atoms with Crippen LogP contribution in [0.4, 0.5) is 0 Å². The normalized spacial score (nSPS) is 18.4. The Morgan fingerprint density at radius 1 is 1.40 bits per heavy atom. The molecule has 1 amide bonds. The second-order valence-electron chi connectivity index (χ2n) is 5.49. The fourth-order valence-electron chi connectivity index (χ4n) is 2.47. The first kappa shape index (κ1) is 15.0. The van der Waals surface area contributed by atoms with Crippen LogP contribution in [0.15, 0.2) is 24.3 Å². The molecule has 0 aromatic heterocycles. The van der Waals surface area contributed by atoms with E-state index in [0.29, 0.717) is 13.2 Å². The summed E-state index contributed by atoms with van der Waals surface area (Å²) in [6, 6.07) is 7.97. The first-order valence-electron chi connectivity index (χ1n) is 7.35. The van der Waals surface area contributed by atoms with Gasteiger partial charge in [0.05, 0.1) is 6.61 Å². The zero-order chi connectivity index (χ0) is 14.6. The second kappa shape index (κ2) is 6.37. The Hall–Kier alpha value is -1.39. The Bertz CT molecular complexity index is 469. The van der Waals surface area contributed by atoms with Crippen LogP contribution in [0.2, 0.25) is 0 Å². The smallest absolute Gasteiger partial charge is 0.253 e. The summed E-state index contributed by atoms with van der Waals surface area (Å²) in [5, 5.41) is 2.95. The van der Waals surface area contributed by atoms with Crippen molar-refractivity contribution in [3.8, 4) is 0 Å². The van der Waals surface area contributed by atoms with E-state index in [2.05, 4.69) is 11.4 Å². The number of hydrogen-bond donors (Lipinski definition) is 2. The SMILES string of the molecule is CCC(N)(CC)CNC(=O)C1OCCc2ccccc21. The summed E-state index contributed by atoms with van der Waals surface area (Å²) in [7, 11) is 0. The number of ether oxygens (including phenoxy) is 1. The average Bonchev–Trinajstić information content (AvgIpc) is 2.51. The molecule has 0 fully saturated rings. The fraction of sp³-hybridized carbons (Fsp3) is 0.562. The highest BCUT2D eigenvalue weighted by Crippen LogP contribution is 2.27. The number of rotatable bonds is 5. The third-order valence-corrected chi connectivity index (χ3v) is 4.25. The number of benzene rings is 1. The highest BCUT2D eigenvalue weighted by atomic mass is 16.5. The quantitative estimate of drug-likeness (QED) is 0.863. The van der Waals surface area contributed by atoms with Crippen LogP contribution in [0.3, 0.4) is 0 Å². The number of nitrogens with two attached hydrogens (primary N) is 1. The fourth-order valence-corrected chi connectivity index (χ4v) is 2.47. The molecule has 0 saturated heterocycles. The third kappa shape index (κ3) is 3.19. The number of carbonyl (C=O) groups is 1. The van der Waals surface area contributed by atoms with Gasteiger partial charge in [0.1, 0.15) is 0 Å². The number of hydrogen-bond acceptors (Lipinski definition) is 3. The van der Waals surface area contributed by atoms with E-state index in [1.54, 1.807) is 0 Å². The zero-order valence-electron chi connectivity index (χ0n) is 12.3. The summed E-state index contributed by atoms with van der Waals surface area (Å²) >= 11 is 0. The van der Waals surface area contributed by atoms with Crippen molar-refractivity contribution in [2.24, 2.45) is 5.73 Å². The summed E-state index contributed by atoms with van der Waals surface area (Å²) in [6.45, 7) is 5.16. The van der Waals surface area contributed by atoms with Gasteiger partial charge in [0.2, 0.25) is 0 Å². The molecule has 1 aromatic carbocycles. The highest BCUT2D eigenvalue weighted by molar-refractivity contribution is 5.83. The van der Waals surface area contributed by atoms with Gasteiger partial charge < -0.3 is 15.8 Å². The molecule has 4 nitrogen and oxygen atoms in total. The summed E-state index contributed by atoms with van der Waals surface area (Å²) in [5.74, 6) is -0.0890. The number of fused-ring (bicyclic) bond motifs is 1. The van der Waals surface area contributed by atoms with E-state index in [-0.39, 0.29) is 11.4 Å². The third-order valence-electron chi connectivity index (χ3n) is 4.25. The largest absolute Gasteiger partial charge is 0.363 e. The van der Waals surface area contributed by atoms with E-state index >= 15 is 0 Å². The molecule has 1 heterocycles. The van der Waals surface area contributed by atoms with Gasteiger partial charge in [0.15, 0.2) is 6.10 Å². The molecular formula is C16H24N2O2. The standard InChI is InChI=1S/C16H24N2O2/c1-3-16(17,4-2)11-18-15(19)14-13-8-6-5-7-12(13)9-10-20-14/h5-8,14H,3-4,9-11,17H2,1-2H3,(H,18,19). The van der Waals surface area contributed by atoms with E-state index in [1.807, 2.05) is 32.0 Å². The van der Waals surface area contributed by atoms with Crippen LogP contribution < -0.4 is 11.1 Å². The lowest BCUT2D eigenvalue weighted by molar-refractivity contribution is -0.134. The molecule has 2 rings (SSSR count). The van der Waals surface area contributed by atoms with E-state index in [0.717, 1.165) is 24.8 Å². The second-order valence-corrected chi connectivity index (χ2v) is 5.49. The number of carbonyl (C=O) groups excluding carboxylic acids is 1. The van der Waals surface area contributed by atoms with Gasteiger partial charge in [0.25, 0.3) is 5.91 Å². The van der Waals surface area contributed by atoms with Gasteiger partial charge in [-0.2, -0.15) is 0 Å². The van der Waals surface area contributed by atoms with Crippen molar-refractivity contribution in [1.29, 1.82) is 0 Å². The molecule has 0 radical (unpaired) electrons. The van der Waals surface area contributed by atoms with Crippen LogP contribution in [0.1, 0.15) is 43.9 Å². The molecule has 0 saturated carbocycles. The number of amides is 1. The minimum atomic E-state index is -0.502. The van der Waals surface area contributed by atoms with Crippen LogP contribution in [-0.2, 0) is 16.0 Å². The molecule has 1 unspecified atom stereocenters. The van der Waals surface area contributed by atoms with Crippen molar-refractivity contribution in [3.63, 3.8) is 0 Å². The molecule has 1 aromatic rings. The molecular weight excluding hydrogens is 252 g/mol. The molecule has 1 atom stereocenters. The van der Waals surface area contributed by atoms with Gasteiger partial charge in [-0.3, -0.25) is 4.79 Å². The topological polar surface area (TPSA) is 64.3 Å². The van der Waals surface area contributed by atoms with Crippen LogP contribution >= 0.6 is 0 Å². The molecule has 3 N–H and O–H groups in total. The lowest BCUT2D eigenvalue weighted by Crippen LogP contribution is -2.50. The maximum Gasteiger partial charge on any atom is 0.253 e. The molecule has 1 aliphatic heterocycles. The van der Waals surface area contributed by atoms with Crippen LogP contribution in [0.25, 0.3) is 0 Å². The van der Waals surface area contributed by atoms with Gasteiger partial charge in [-0.25, -0.2) is 0 Å². The average molecular weight is 276 g/mol. The molecule has 110 valence electrons. The van der Waals surface area contributed by atoms with Gasteiger partial charge in [-0.1, -0.05) is 38.1 Å². The van der Waals surface area contributed by atoms with Crippen molar-refractivity contribution in [2.75, 3.05) is 13.2 Å². The van der Waals surface area contributed by atoms with Crippen molar-refractivity contribution < 1.29 is 9.53 Å². The molecule has 0 spiro atoms. The number of nitrogens with one attached hydrogen (secondary N) is 1. The van der Waals surface area contributed by atoms with Gasteiger partial charge in [-0.05, 0) is 30.4 Å². The Kier molecular flexibility index (Phi) is 4.78. The van der Waals surface area contributed by atoms with E-state index < -0.39 is 6.10 Å². The maximum absolute atomic E-state index is 12.3. The van der Waals surface area contributed by atoms with Crippen molar-refractivity contribution >= 4 is 5.91 Å². The predicted molar refractivity (Wildman–Crippen MR) is 79.3 cm³/mol. The molecule has 4 heteroatoms. The predicted octanol–water partition coefficient (Wildman–Crippen LogP) is 1.93. The first-order chi connectivity index (χ1) is 9.59. The Labute approximate surface area is 120 Å².